The monoisotopic (exact) mass is 434 g/mol. The molecule has 0 atom stereocenters. The van der Waals surface area contributed by atoms with E-state index in [0.717, 1.165) is 44.6 Å². The molecule has 166 valence electrons. The van der Waals surface area contributed by atoms with Crippen molar-refractivity contribution in [3.8, 4) is 0 Å². The van der Waals surface area contributed by atoms with Crippen LogP contribution in [0.2, 0.25) is 0 Å². The number of amides is 3. The third-order valence-corrected chi connectivity index (χ3v) is 5.20. The van der Waals surface area contributed by atoms with Crippen LogP contribution in [0, 0.1) is 0 Å². The predicted octanol–water partition coefficient (Wildman–Crippen LogP) is 4.56. The van der Waals surface area contributed by atoms with Gasteiger partial charge in [0.05, 0.1) is 5.56 Å². The minimum Gasteiger partial charge on any atom is -0.335 e. The van der Waals surface area contributed by atoms with Gasteiger partial charge in [0, 0.05) is 36.1 Å². The Balaban J connectivity index is 1.58. The summed E-state index contributed by atoms with van der Waals surface area (Å²) in [5, 5.41) is 8.10. The molecule has 0 aromatic heterocycles. The topological polar surface area (TPSA) is 73.5 Å². The Hall–Kier alpha value is -3.07. The fourth-order valence-electron chi connectivity index (χ4n) is 3.46. The highest BCUT2D eigenvalue weighted by atomic mass is 19.4. The molecule has 0 bridgehead atoms. The lowest BCUT2D eigenvalue weighted by Gasteiger charge is -2.31. The molecule has 1 saturated heterocycles. The minimum atomic E-state index is -4.49. The number of rotatable bonds is 5. The molecule has 1 fully saturated rings. The van der Waals surface area contributed by atoms with Crippen molar-refractivity contribution in [3.05, 3.63) is 59.7 Å². The van der Waals surface area contributed by atoms with E-state index in [2.05, 4.69) is 27.8 Å². The number of benzene rings is 2. The molecule has 0 radical (unpaired) electrons. The van der Waals surface area contributed by atoms with Crippen LogP contribution < -0.4 is 16.0 Å². The van der Waals surface area contributed by atoms with Crippen molar-refractivity contribution in [1.29, 1.82) is 0 Å². The zero-order valence-electron chi connectivity index (χ0n) is 17.1. The van der Waals surface area contributed by atoms with Gasteiger partial charge in [0.25, 0.3) is 5.91 Å². The van der Waals surface area contributed by atoms with Crippen LogP contribution in [0.15, 0.2) is 48.5 Å². The van der Waals surface area contributed by atoms with Gasteiger partial charge in [-0.1, -0.05) is 19.1 Å². The van der Waals surface area contributed by atoms with E-state index in [1.807, 2.05) is 0 Å². The van der Waals surface area contributed by atoms with Crippen LogP contribution in [0.3, 0.4) is 0 Å². The summed E-state index contributed by atoms with van der Waals surface area (Å²) in [6.45, 7) is 4.98. The number of carbonyl (C=O) groups is 2. The van der Waals surface area contributed by atoms with Gasteiger partial charge in [-0.3, -0.25) is 4.79 Å². The van der Waals surface area contributed by atoms with E-state index in [1.54, 1.807) is 12.1 Å². The average Bonchev–Trinajstić information content (AvgIpc) is 2.74. The molecule has 3 N–H and O–H groups in total. The summed E-state index contributed by atoms with van der Waals surface area (Å²) in [6.07, 6.45) is -2.74. The van der Waals surface area contributed by atoms with Gasteiger partial charge in [-0.15, -0.1) is 0 Å². The number of hydrogen-bond acceptors (Lipinski definition) is 3. The Labute approximate surface area is 178 Å². The van der Waals surface area contributed by atoms with E-state index in [9.17, 15) is 22.8 Å². The number of hydrogen-bond donors (Lipinski definition) is 3. The molecule has 0 spiro atoms. The maximum Gasteiger partial charge on any atom is 0.416 e. The van der Waals surface area contributed by atoms with E-state index >= 15 is 0 Å². The molecule has 0 saturated carbocycles. The molecule has 1 heterocycles. The number of likely N-dealkylation sites (tertiary alicyclic amines) is 1. The first-order valence-electron chi connectivity index (χ1n) is 10.1. The van der Waals surface area contributed by atoms with Crippen molar-refractivity contribution >= 4 is 23.3 Å². The summed E-state index contributed by atoms with van der Waals surface area (Å²) in [7, 11) is 0. The minimum absolute atomic E-state index is 0.0364. The highest BCUT2D eigenvalue weighted by Crippen LogP contribution is 2.30. The molecule has 2 aromatic carbocycles. The van der Waals surface area contributed by atoms with E-state index in [4.69, 9.17) is 0 Å². The fraction of sp³-hybridized carbons (Fsp3) is 0.364. The molecule has 9 heteroatoms. The third-order valence-electron chi connectivity index (χ3n) is 5.20. The van der Waals surface area contributed by atoms with Crippen molar-refractivity contribution in [2.24, 2.45) is 0 Å². The second-order valence-electron chi connectivity index (χ2n) is 7.42. The number of anilines is 2. The number of nitrogens with zero attached hydrogens (tertiary/aromatic N) is 1. The molecule has 31 heavy (non-hydrogen) atoms. The number of piperidine rings is 1. The molecule has 2 aromatic rings. The second-order valence-corrected chi connectivity index (χ2v) is 7.42. The fourth-order valence-corrected chi connectivity index (χ4v) is 3.46. The Bertz CT molecular complexity index is 925. The van der Waals surface area contributed by atoms with Crippen LogP contribution in [0.4, 0.5) is 29.3 Å². The van der Waals surface area contributed by atoms with Gasteiger partial charge in [0.15, 0.2) is 0 Å². The Kier molecular flexibility index (Phi) is 7.17. The zero-order chi connectivity index (χ0) is 22.4. The van der Waals surface area contributed by atoms with Crippen LogP contribution in [-0.2, 0) is 6.18 Å². The van der Waals surface area contributed by atoms with Gasteiger partial charge in [0.1, 0.15) is 0 Å². The lowest BCUT2D eigenvalue weighted by Crippen LogP contribution is -2.45. The molecule has 1 aliphatic heterocycles. The van der Waals surface area contributed by atoms with Crippen LogP contribution in [-0.4, -0.2) is 42.5 Å². The number of nitrogens with one attached hydrogen (secondary N) is 3. The smallest absolute Gasteiger partial charge is 0.335 e. The predicted molar refractivity (Wildman–Crippen MR) is 113 cm³/mol. The normalized spacial score (nSPS) is 15.4. The SMILES string of the molecule is CCN1CCC(NC(=O)Nc2cccc(C(=O)Nc3cccc(C(F)(F)F)c3)c2)CC1. The molecular weight excluding hydrogens is 409 g/mol. The van der Waals surface area contributed by atoms with Crippen LogP contribution >= 0.6 is 0 Å². The number of urea groups is 1. The van der Waals surface area contributed by atoms with E-state index in [-0.39, 0.29) is 23.3 Å². The number of alkyl halides is 3. The van der Waals surface area contributed by atoms with Crippen molar-refractivity contribution in [2.75, 3.05) is 30.3 Å². The maximum absolute atomic E-state index is 12.8. The van der Waals surface area contributed by atoms with Gasteiger partial charge in [-0.2, -0.15) is 13.2 Å². The van der Waals surface area contributed by atoms with E-state index in [0.29, 0.717) is 5.69 Å². The molecule has 0 aliphatic carbocycles. The van der Waals surface area contributed by atoms with Crippen LogP contribution in [0.5, 0.6) is 0 Å². The standard InChI is InChI=1S/C22H25F3N4O2/c1-2-29-11-9-17(10-12-29)27-21(31)28-18-7-3-5-15(13-18)20(30)26-19-8-4-6-16(14-19)22(23,24)25/h3-8,13-14,17H,2,9-12H2,1H3,(H,26,30)(H2,27,28,31). The highest BCUT2D eigenvalue weighted by molar-refractivity contribution is 6.05. The van der Waals surface area contributed by atoms with Crippen molar-refractivity contribution < 1.29 is 22.8 Å². The lowest BCUT2D eigenvalue weighted by molar-refractivity contribution is -0.137. The second kappa shape index (κ2) is 9.82. The highest BCUT2D eigenvalue weighted by Gasteiger charge is 2.30. The quantitative estimate of drug-likeness (QED) is 0.646. The lowest BCUT2D eigenvalue weighted by atomic mass is 10.1. The molecule has 3 amide bonds. The van der Waals surface area contributed by atoms with Gasteiger partial charge in [-0.25, -0.2) is 4.79 Å². The van der Waals surface area contributed by atoms with Crippen LogP contribution in [0.1, 0.15) is 35.7 Å². The summed E-state index contributed by atoms with van der Waals surface area (Å²) < 4.78 is 38.5. The van der Waals surface area contributed by atoms with E-state index < -0.39 is 17.6 Å². The molecule has 1 aliphatic rings. The maximum atomic E-state index is 12.8. The molecule has 0 unspecified atom stereocenters. The Morgan fingerprint density at radius 2 is 1.65 bits per heavy atom. The summed E-state index contributed by atoms with van der Waals surface area (Å²) in [5.41, 5.74) is -0.178. The molecule has 6 nitrogen and oxygen atoms in total. The van der Waals surface area contributed by atoms with Crippen LogP contribution in [0.25, 0.3) is 0 Å². The van der Waals surface area contributed by atoms with Crippen molar-refractivity contribution in [2.45, 2.75) is 32.0 Å². The number of carbonyl (C=O) groups excluding carboxylic acids is 2. The first-order chi connectivity index (χ1) is 14.7. The Morgan fingerprint density at radius 1 is 1.00 bits per heavy atom. The summed E-state index contributed by atoms with van der Waals surface area (Å²) in [6, 6.07) is 10.4. The van der Waals surface area contributed by atoms with Gasteiger partial charge in [-0.05, 0) is 55.8 Å². The van der Waals surface area contributed by atoms with Gasteiger partial charge < -0.3 is 20.9 Å². The van der Waals surface area contributed by atoms with E-state index in [1.165, 1.54) is 24.3 Å². The largest absolute Gasteiger partial charge is 0.416 e. The molecular formula is C22H25F3N4O2. The first kappa shape index (κ1) is 22.6. The summed E-state index contributed by atoms with van der Waals surface area (Å²) >= 11 is 0. The average molecular weight is 434 g/mol. The van der Waals surface area contributed by atoms with Gasteiger partial charge in [0.2, 0.25) is 0 Å². The summed E-state index contributed by atoms with van der Waals surface area (Å²) in [4.78, 5) is 27.1. The summed E-state index contributed by atoms with van der Waals surface area (Å²) in [5.74, 6) is -0.574. The number of halogens is 3. The van der Waals surface area contributed by atoms with Gasteiger partial charge >= 0.3 is 12.2 Å². The third kappa shape index (κ3) is 6.45. The van der Waals surface area contributed by atoms with Crippen molar-refractivity contribution in [1.82, 2.24) is 10.2 Å². The Morgan fingerprint density at radius 3 is 2.29 bits per heavy atom. The first-order valence-corrected chi connectivity index (χ1v) is 10.1. The van der Waals surface area contributed by atoms with Crippen molar-refractivity contribution in [3.63, 3.8) is 0 Å². The zero-order valence-corrected chi connectivity index (χ0v) is 17.1. The molecule has 3 rings (SSSR count).